The SMILES string of the molecule is CC1(C)Cc2ccc(C(=O)O)cc2/C(=C/C(=O)C2CCCCCC2)N1. The Morgan fingerprint density at radius 2 is 1.84 bits per heavy atom. The highest BCUT2D eigenvalue weighted by Gasteiger charge is 2.29. The van der Waals surface area contributed by atoms with Crippen LogP contribution in [-0.2, 0) is 11.2 Å². The summed E-state index contributed by atoms with van der Waals surface area (Å²) in [7, 11) is 0. The zero-order valence-corrected chi connectivity index (χ0v) is 15.1. The predicted octanol–water partition coefficient (Wildman–Crippen LogP) is 4.19. The third-order valence-electron chi connectivity index (χ3n) is 5.30. The van der Waals surface area contributed by atoms with E-state index < -0.39 is 5.97 Å². The van der Waals surface area contributed by atoms with Gasteiger partial charge in [-0.25, -0.2) is 4.79 Å². The molecule has 1 saturated carbocycles. The predicted molar refractivity (Wildman–Crippen MR) is 98.5 cm³/mol. The van der Waals surface area contributed by atoms with Crippen LogP contribution in [0.25, 0.3) is 5.70 Å². The van der Waals surface area contributed by atoms with Gasteiger partial charge in [0.25, 0.3) is 0 Å². The van der Waals surface area contributed by atoms with E-state index in [0.717, 1.165) is 48.9 Å². The first-order valence-corrected chi connectivity index (χ1v) is 9.26. The van der Waals surface area contributed by atoms with E-state index in [2.05, 4.69) is 19.2 Å². The van der Waals surface area contributed by atoms with Crippen LogP contribution in [0.1, 0.15) is 73.9 Å². The summed E-state index contributed by atoms with van der Waals surface area (Å²) in [5.74, 6) is -0.663. The van der Waals surface area contributed by atoms with Gasteiger partial charge in [-0.15, -0.1) is 0 Å². The van der Waals surface area contributed by atoms with E-state index in [1.807, 2.05) is 6.07 Å². The fourth-order valence-electron chi connectivity index (χ4n) is 4.00. The fourth-order valence-corrected chi connectivity index (χ4v) is 4.00. The number of carboxylic acid groups (broad SMARTS) is 1. The van der Waals surface area contributed by atoms with Crippen molar-refractivity contribution in [2.24, 2.45) is 5.92 Å². The van der Waals surface area contributed by atoms with E-state index in [0.29, 0.717) is 0 Å². The van der Waals surface area contributed by atoms with Crippen molar-refractivity contribution >= 4 is 17.4 Å². The Morgan fingerprint density at radius 3 is 2.48 bits per heavy atom. The summed E-state index contributed by atoms with van der Waals surface area (Å²) in [6, 6.07) is 5.21. The summed E-state index contributed by atoms with van der Waals surface area (Å²) in [4.78, 5) is 24.1. The first-order chi connectivity index (χ1) is 11.9. The summed E-state index contributed by atoms with van der Waals surface area (Å²) < 4.78 is 0. The maximum atomic E-state index is 12.8. The third-order valence-corrected chi connectivity index (χ3v) is 5.30. The number of fused-ring (bicyclic) bond motifs is 1. The Balaban J connectivity index is 1.95. The van der Waals surface area contributed by atoms with Crippen molar-refractivity contribution in [1.29, 1.82) is 0 Å². The molecule has 134 valence electrons. The lowest BCUT2D eigenvalue weighted by atomic mass is 9.84. The Hall–Kier alpha value is -2.10. The number of nitrogens with one attached hydrogen (secondary N) is 1. The first-order valence-electron chi connectivity index (χ1n) is 9.26. The van der Waals surface area contributed by atoms with Crippen molar-refractivity contribution in [2.75, 3.05) is 0 Å². The smallest absolute Gasteiger partial charge is 0.335 e. The minimum atomic E-state index is -0.943. The molecule has 0 saturated heterocycles. The number of ketones is 1. The van der Waals surface area contributed by atoms with Gasteiger partial charge in [-0.3, -0.25) is 4.79 Å². The molecule has 1 aliphatic heterocycles. The fraction of sp³-hybridized carbons (Fsp3) is 0.524. The number of carbonyl (C=O) groups excluding carboxylic acids is 1. The van der Waals surface area contributed by atoms with E-state index in [4.69, 9.17) is 0 Å². The molecule has 2 N–H and O–H groups in total. The van der Waals surface area contributed by atoms with Gasteiger partial charge in [0.1, 0.15) is 0 Å². The van der Waals surface area contributed by atoms with Gasteiger partial charge in [-0.1, -0.05) is 31.7 Å². The van der Waals surface area contributed by atoms with Crippen LogP contribution in [0.15, 0.2) is 24.3 Å². The molecule has 25 heavy (non-hydrogen) atoms. The Morgan fingerprint density at radius 1 is 1.16 bits per heavy atom. The van der Waals surface area contributed by atoms with Crippen LogP contribution in [0.4, 0.5) is 0 Å². The highest BCUT2D eigenvalue weighted by molar-refractivity contribution is 5.99. The van der Waals surface area contributed by atoms with Crippen molar-refractivity contribution in [1.82, 2.24) is 5.32 Å². The standard InChI is InChI=1S/C21H27NO3/c1-21(2)13-16-10-9-15(20(24)25)11-17(16)18(22-21)12-19(23)14-7-5-3-4-6-8-14/h9-12,14,22H,3-8,13H2,1-2H3,(H,24,25)/b18-12-. The van der Waals surface area contributed by atoms with Crippen LogP contribution in [0.3, 0.4) is 0 Å². The van der Waals surface area contributed by atoms with Gasteiger partial charge in [-0.2, -0.15) is 0 Å². The van der Waals surface area contributed by atoms with Crippen LogP contribution < -0.4 is 5.32 Å². The average Bonchev–Trinajstić information content (AvgIpc) is 2.82. The largest absolute Gasteiger partial charge is 0.478 e. The molecule has 0 aromatic heterocycles. The molecule has 1 aliphatic carbocycles. The molecular formula is C21H27NO3. The van der Waals surface area contributed by atoms with E-state index >= 15 is 0 Å². The first kappa shape index (κ1) is 17.7. The summed E-state index contributed by atoms with van der Waals surface area (Å²) in [6.07, 6.45) is 9.14. The summed E-state index contributed by atoms with van der Waals surface area (Å²) in [5.41, 5.74) is 2.80. The zero-order chi connectivity index (χ0) is 18.0. The van der Waals surface area contributed by atoms with Gasteiger partial charge in [0.05, 0.1) is 5.56 Å². The number of hydrogen-bond acceptors (Lipinski definition) is 3. The molecule has 1 aromatic carbocycles. The molecular weight excluding hydrogens is 314 g/mol. The molecule has 0 amide bonds. The van der Waals surface area contributed by atoms with Crippen molar-refractivity contribution in [3.8, 4) is 0 Å². The minimum Gasteiger partial charge on any atom is -0.478 e. The van der Waals surface area contributed by atoms with Gasteiger partial charge < -0.3 is 10.4 Å². The van der Waals surface area contributed by atoms with Crippen LogP contribution in [0.2, 0.25) is 0 Å². The monoisotopic (exact) mass is 341 g/mol. The molecule has 0 spiro atoms. The number of hydrogen-bond donors (Lipinski definition) is 2. The topological polar surface area (TPSA) is 66.4 Å². The number of benzene rings is 1. The lowest BCUT2D eigenvalue weighted by Gasteiger charge is -2.36. The highest BCUT2D eigenvalue weighted by atomic mass is 16.4. The van der Waals surface area contributed by atoms with Crippen molar-refractivity contribution in [3.63, 3.8) is 0 Å². The van der Waals surface area contributed by atoms with Crippen molar-refractivity contribution in [3.05, 3.63) is 41.0 Å². The average molecular weight is 341 g/mol. The Kier molecular flexibility index (Phi) is 4.98. The summed E-state index contributed by atoms with van der Waals surface area (Å²) in [5, 5.41) is 12.7. The molecule has 4 heteroatoms. The van der Waals surface area contributed by atoms with Gasteiger partial charge in [-0.05, 0) is 50.8 Å². The van der Waals surface area contributed by atoms with E-state index in [-0.39, 0.29) is 22.8 Å². The molecule has 1 aromatic rings. The van der Waals surface area contributed by atoms with Gasteiger partial charge >= 0.3 is 5.97 Å². The van der Waals surface area contributed by atoms with Crippen LogP contribution in [-0.4, -0.2) is 22.4 Å². The van der Waals surface area contributed by atoms with Gasteiger partial charge in [0.2, 0.25) is 0 Å². The molecule has 3 rings (SSSR count). The second-order valence-electron chi connectivity index (χ2n) is 8.01. The number of aromatic carboxylic acids is 1. The molecule has 1 fully saturated rings. The van der Waals surface area contributed by atoms with E-state index in [1.165, 1.54) is 12.8 Å². The van der Waals surface area contributed by atoms with Crippen LogP contribution >= 0.6 is 0 Å². The second-order valence-corrected chi connectivity index (χ2v) is 8.01. The molecule has 0 radical (unpaired) electrons. The molecule has 2 aliphatic rings. The quantitative estimate of drug-likeness (QED) is 0.639. The van der Waals surface area contributed by atoms with Crippen LogP contribution in [0.5, 0.6) is 0 Å². The number of carbonyl (C=O) groups is 2. The van der Waals surface area contributed by atoms with E-state index in [1.54, 1.807) is 18.2 Å². The van der Waals surface area contributed by atoms with Crippen LogP contribution in [0, 0.1) is 5.92 Å². The molecule has 0 atom stereocenters. The highest BCUT2D eigenvalue weighted by Crippen LogP contribution is 2.32. The summed E-state index contributed by atoms with van der Waals surface area (Å²) >= 11 is 0. The normalized spacial score (nSPS) is 21.9. The molecule has 1 heterocycles. The van der Waals surface area contributed by atoms with Gasteiger partial charge in [0.15, 0.2) is 5.78 Å². The number of rotatable bonds is 3. The maximum absolute atomic E-state index is 12.8. The number of carboxylic acids is 1. The number of allylic oxidation sites excluding steroid dienone is 1. The summed E-state index contributed by atoms with van der Waals surface area (Å²) in [6.45, 7) is 4.20. The van der Waals surface area contributed by atoms with E-state index in [9.17, 15) is 14.7 Å². The Labute approximate surface area is 149 Å². The van der Waals surface area contributed by atoms with Gasteiger partial charge in [0, 0.05) is 28.8 Å². The lowest BCUT2D eigenvalue weighted by molar-refractivity contribution is -0.118. The molecule has 4 nitrogen and oxygen atoms in total. The molecule has 0 unspecified atom stereocenters. The second kappa shape index (κ2) is 7.03. The molecule has 0 bridgehead atoms. The minimum absolute atomic E-state index is 0.105. The lowest BCUT2D eigenvalue weighted by Crippen LogP contribution is -2.44. The maximum Gasteiger partial charge on any atom is 0.335 e. The van der Waals surface area contributed by atoms with Crippen molar-refractivity contribution in [2.45, 2.75) is 64.3 Å². The third kappa shape index (κ3) is 4.12. The van der Waals surface area contributed by atoms with Crippen molar-refractivity contribution < 1.29 is 14.7 Å². The zero-order valence-electron chi connectivity index (χ0n) is 15.1. The Bertz CT molecular complexity index is 710.